The lowest BCUT2D eigenvalue weighted by Gasteiger charge is -2.11. The van der Waals surface area contributed by atoms with Gasteiger partial charge in [0, 0.05) is 33.0 Å². The molecular formula is C20H20N4O5S. The van der Waals surface area contributed by atoms with Gasteiger partial charge in [0.1, 0.15) is 5.75 Å². The Morgan fingerprint density at radius 1 is 1.00 bits per heavy atom. The van der Waals surface area contributed by atoms with E-state index in [-0.39, 0.29) is 22.1 Å². The van der Waals surface area contributed by atoms with Gasteiger partial charge in [0.2, 0.25) is 10.0 Å². The Balaban J connectivity index is 1.64. The SMILES string of the molecule is CN(C)S(=O)(=O)c1ccc(C(=O)Oc2ccc(NC(=O)c3cnn(C)c3)cc2)cc1. The second-order valence-corrected chi connectivity index (χ2v) is 8.73. The smallest absolute Gasteiger partial charge is 0.343 e. The minimum Gasteiger partial charge on any atom is -0.423 e. The van der Waals surface area contributed by atoms with Crippen LogP contribution < -0.4 is 10.1 Å². The van der Waals surface area contributed by atoms with Gasteiger partial charge in [-0.05, 0) is 48.5 Å². The van der Waals surface area contributed by atoms with Gasteiger partial charge in [-0.25, -0.2) is 17.5 Å². The standard InChI is InChI=1S/C20H20N4O5S/c1-23(2)30(27,28)18-10-4-14(5-11-18)20(26)29-17-8-6-16(7-9-17)22-19(25)15-12-21-24(3)13-15/h4-13H,1-3H3,(H,22,25). The zero-order chi connectivity index (χ0) is 21.9. The lowest BCUT2D eigenvalue weighted by atomic mass is 10.2. The number of hydrogen-bond donors (Lipinski definition) is 1. The van der Waals surface area contributed by atoms with Crippen molar-refractivity contribution in [1.29, 1.82) is 0 Å². The van der Waals surface area contributed by atoms with Crippen molar-refractivity contribution in [3.8, 4) is 5.75 Å². The normalized spacial score (nSPS) is 11.3. The molecule has 1 amide bonds. The number of aromatic nitrogens is 2. The molecule has 1 heterocycles. The molecule has 0 saturated carbocycles. The van der Waals surface area contributed by atoms with Crippen molar-refractivity contribution in [3.05, 3.63) is 72.1 Å². The molecule has 3 aromatic rings. The van der Waals surface area contributed by atoms with Crippen molar-refractivity contribution >= 4 is 27.6 Å². The van der Waals surface area contributed by atoms with Gasteiger partial charge in [0.05, 0.1) is 22.2 Å². The summed E-state index contributed by atoms with van der Waals surface area (Å²) < 4.78 is 32.1. The molecule has 156 valence electrons. The second kappa shape index (κ2) is 8.47. The third-order valence-electron chi connectivity index (χ3n) is 4.16. The number of carbonyl (C=O) groups is 2. The fourth-order valence-electron chi connectivity index (χ4n) is 2.49. The Morgan fingerprint density at radius 3 is 2.17 bits per heavy atom. The number of nitrogens with one attached hydrogen (secondary N) is 1. The molecule has 2 aromatic carbocycles. The molecule has 3 rings (SSSR count). The minimum absolute atomic E-state index is 0.0813. The highest BCUT2D eigenvalue weighted by molar-refractivity contribution is 7.89. The fraction of sp³-hybridized carbons (Fsp3) is 0.150. The van der Waals surface area contributed by atoms with Crippen LogP contribution in [0.25, 0.3) is 0 Å². The molecule has 0 fully saturated rings. The van der Waals surface area contributed by atoms with Crippen LogP contribution >= 0.6 is 0 Å². The number of rotatable bonds is 6. The van der Waals surface area contributed by atoms with Gasteiger partial charge < -0.3 is 10.1 Å². The van der Waals surface area contributed by atoms with Crippen LogP contribution in [-0.2, 0) is 17.1 Å². The average Bonchev–Trinajstić information content (AvgIpc) is 3.16. The van der Waals surface area contributed by atoms with E-state index in [4.69, 9.17) is 4.74 Å². The number of carbonyl (C=O) groups excluding carboxylic acids is 2. The van der Waals surface area contributed by atoms with E-state index in [0.29, 0.717) is 11.3 Å². The van der Waals surface area contributed by atoms with Crippen molar-refractivity contribution in [3.63, 3.8) is 0 Å². The molecule has 0 radical (unpaired) electrons. The van der Waals surface area contributed by atoms with Crippen molar-refractivity contribution in [2.75, 3.05) is 19.4 Å². The predicted octanol–water partition coefficient (Wildman–Crippen LogP) is 2.14. The van der Waals surface area contributed by atoms with Gasteiger partial charge in [-0.1, -0.05) is 0 Å². The lowest BCUT2D eigenvalue weighted by Crippen LogP contribution is -2.22. The molecule has 0 aliphatic carbocycles. The molecule has 0 aliphatic heterocycles. The molecule has 10 heteroatoms. The third kappa shape index (κ3) is 4.73. The van der Waals surface area contributed by atoms with E-state index in [1.807, 2.05) is 0 Å². The molecule has 0 unspecified atom stereocenters. The molecule has 0 aliphatic rings. The van der Waals surface area contributed by atoms with Gasteiger partial charge in [-0.2, -0.15) is 5.10 Å². The number of ether oxygens (including phenoxy) is 1. The van der Waals surface area contributed by atoms with Gasteiger partial charge in [-0.15, -0.1) is 0 Å². The maximum absolute atomic E-state index is 12.3. The monoisotopic (exact) mass is 428 g/mol. The number of amides is 1. The number of hydrogen-bond acceptors (Lipinski definition) is 6. The van der Waals surface area contributed by atoms with Crippen molar-refractivity contribution in [2.24, 2.45) is 7.05 Å². The summed E-state index contributed by atoms with van der Waals surface area (Å²) in [5, 5.41) is 6.66. The number of nitrogens with zero attached hydrogens (tertiary/aromatic N) is 3. The molecular weight excluding hydrogens is 408 g/mol. The molecule has 0 bridgehead atoms. The van der Waals surface area contributed by atoms with Crippen LogP contribution in [0.5, 0.6) is 5.75 Å². The summed E-state index contributed by atoms with van der Waals surface area (Å²) in [7, 11) is 1.01. The molecule has 9 nitrogen and oxygen atoms in total. The zero-order valence-electron chi connectivity index (χ0n) is 16.6. The summed E-state index contributed by atoms with van der Waals surface area (Å²) in [4.78, 5) is 24.5. The van der Waals surface area contributed by atoms with Crippen molar-refractivity contribution in [2.45, 2.75) is 4.90 Å². The first kappa shape index (κ1) is 21.2. The predicted molar refractivity (Wildman–Crippen MR) is 110 cm³/mol. The number of esters is 1. The van der Waals surface area contributed by atoms with E-state index >= 15 is 0 Å². The van der Waals surface area contributed by atoms with E-state index in [1.54, 1.807) is 37.5 Å². The topological polar surface area (TPSA) is 111 Å². The first-order chi connectivity index (χ1) is 14.2. The highest BCUT2D eigenvalue weighted by Crippen LogP contribution is 2.19. The van der Waals surface area contributed by atoms with Crippen LogP contribution in [0.1, 0.15) is 20.7 Å². The Hall–Kier alpha value is -3.50. The van der Waals surface area contributed by atoms with Crippen LogP contribution in [0.4, 0.5) is 5.69 Å². The van der Waals surface area contributed by atoms with Crippen LogP contribution in [0, 0.1) is 0 Å². The fourth-order valence-corrected chi connectivity index (χ4v) is 3.39. The van der Waals surface area contributed by atoms with E-state index < -0.39 is 16.0 Å². The highest BCUT2D eigenvalue weighted by atomic mass is 32.2. The van der Waals surface area contributed by atoms with Crippen LogP contribution in [-0.4, -0.2) is 48.5 Å². The Morgan fingerprint density at radius 2 is 1.63 bits per heavy atom. The van der Waals surface area contributed by atoms with E-state index in [0.717, 1.165) is 4.31 Å². The first-order valence-electron chi connectivity index (χ1n) is 8.81. The first-order valence-corrected chi connectivity index (χ1v) is 10.3. The Labute approximate surface area is 173 Å². The van der Waals surface area contributed by atoms with Gasteiger partial charge in [0.15, 0.2) is 0 Å². The minimum atomic E-state index is -3.57. The molecule has 0 saturated heterocycles. The largest absolute Gasteiger partial charge is 0.423 e. The molecule has 1 N–H and O–H groups in total. The van der Waals surface area contributed by atoms with Gasteiger partial charge >= 0.3 is 5.97 Å². The lowest BCUT2D eigenvalue weighted by molar-refractivity contribution is 0.0734. The van der Waals surface area contributed by atoms with Gasteiger partial charge in [0.25, 0.3) is 5.91 Å². The second-order valence-electron chi connectivity index (χ2n) is 6.58. The summed E-state index contributed by atoms with van der Waals surface area (Å²) in [6, 6.07) is 11.8. The number of sulfonamides is 1. The summed E-state index contributed by atoms with van der Waals surface area (Å²) in [5.41, 5.74) is 1.16. The Kier molecular flexibility index (Phi) is 5.99. The van der Waals surface area contributed by atoms with Crippen LogP contribution in [0.3, 0.4) is 0 Å². The summed E-state index contributed by atoms with van der Waals surface area (Å²) in [6.45, 7) is 0. The molecule has 0 spiro atoms. The van der Waals surface area contributed by atoms with Gasteiger partial charge in [-0.3, -0.25) is 9.48 Å². The number of benzene rings is 2. The number of aryl methyl sites for hydroxylation is 1. The highest BCUT2D eigenvalue weighted by Gasteiger charge is 2.18. The maximum atomic E-state index is 12.3. The summed E-state index contributed by atoms with van der Waals surface area (Å²) in [6.07, 6.45) is 3.06. The van der Waals surface area contributed by atoms with Crippen LogP contribution in [0.15, 0.2) is 65.8 Å². The summed E-state index contributed by atoms with van der Waals surface area (Å²) >= 11 is 0. The summed E-state index contributed by atoms with van der Waals surface area (Å²) in [5.74, 6) is -0.652. The average molecular weight is 428 g/mol. The van der Waals surface area contributed by atoms with E-state index in [1.165, 1.54) is 49.2 Å². The van der Waals surface area contributed by atoms with Crippen molar-refractivity contribution < 1.29 is 22.7 Å². The van der Waals surface area contributed by atoms with E-state index in [2.05, 4.69) is 10.4 Å². The van der Waals surface area contributed by atoms with Crippen molar-refractivity contribution in [1.82, 2.24) is 14.1 Å². The molecule has 1 aromatic heterocycles. The quantitative estimate of drug-likeness (QED) is 0.476. The van der Waals surface area contributed by atoms with Crippen LogP contribution in [0.2, 0.25) is 0 Å². The third-order valence-corrected chi connectivity index (χ3v) is 5.99. The molecule has 30 heavy (non-hydrogen) atoms. The maximum Gasteiger partial charge on any atom is 0.343 e. The number of anilines is 1. The molecule has 0 atom stereocenters. The zero-order valence-corrected chi connectivity index (χ0v) is 17.4. The van der Waals surface area contributed by atoms with E-state index in [9.17, 15) is 18.0 Å². The Bertz CT molecular complexity index is 1170.